The van der Waals surface area contributed by atoms with Crippen LogP contribution >= 0.6 is 0 Å². The van der Waals surface area contributed by atoms with Gasteiger partial charge in [-0.15, -0.1) is 0 Å². The predicted octanol–water partition coefficient (Wildman–Crippen LogP) is -0.306. The standard InChI is InChI=1S/C18H36N6O3/c1-2-6-20-17(19-5-1)23-9-11-25-13-15-27-16-14-26-12-10-24-18-21-7-3-4-8-22-18/h1-16H2,(H2,19,20,23)(H2,21,22,24). The zero-order valence-electron chi connectivity index (χ0n) is 16.4. The molecule has 0 aromatic carbocycles. The second-order valence-electron chi connectivity index (χ2n) is 6.42. The smallest absolute Gasteiger partial charge is 0.191 e. The van der Waals surface area contributed by atoms with Crippen molar-refractivity contribution >= 4 is 11.9 Å². The van der Waals surface area contributed by atoms with Crippen LogP contribution in [0.3, 0.4) is 0 Å². The van der Waals surface area contributed by atoms with Gasteiger partial charge in [-0.25, -0.2) is 0 Å². The Morgan fingerprint density at radius 3 is 1.56 bits per heavy atom. The minimum Gasteiger partial charge on any atom is -0.377 e. The van der Waals surface area contributed by atoms with Crippen molar-refractivity contribution in [3.63, 3.8) is 0 Å². The number of aliphatic imine (C=N–C) groups is 2. The van der Waals surface area contributed by atoms with Gasteiger partial charge in [0.2, 0.25) is 0 Å². The lowest BCUT2D eigenvalue weighted by Gasteiger charge is -2.11. The van der Waals surface area contributed by atoms with Crippen LogP contribution in [0, 0.1) is 0 Å². The molecule has 4 N–H and O–H groups in total. The highest BCUT2D eigenvalue weighted by molar-refractivity contribution is 5.80. The normalized spacial score (nSPS) is 17.6. The third-order valence-electron chi connectivity index (χ3n) is 4.12. The monoisotopic (exact) mass is 384 g/mol. The summed E-state index contributed by atoms with van der Waals surface area (Å²) >= 11 is 0. The molecule has 2 rings (SSSR count). The molecule has 0 saturated heterocycles. The van der Waals surface area contributed by atoms with E-state index in [1.165, 1.54) is 12.8 Å². The third kappa shape index (κ3) is 11.7. The quantitative estimate of drug-likeness (QED) is 0.343. The molecule has 0 spiro atoms. The zero-order chi connectivity index (χ0) is 18.8. The minimum atomic E-state index is 0.585. The van der Waals surface area contributed by atoms with Gasteiger partial charge in [-0.3, -0.25) is 9.98 Å². The molecule has 2 heterocycles. The lowest BCUT2D eigenvalue weighted by atomic mass is 10.3. The number of rotatable bonds is 12. The van der Waals surface area contributed by atoms with E-state index in [9.17, 15) is 0 Å². The van der Waals surface area contributed by atoms with Gasteiger partial charge in [-0.05, 0) is 25.7 Å². The van der Waals surface area contributed by atoms with Gasteiger partial charge < -0.3 is 35.5 Å². The largest absolute Gasteiger partial charge is 0.377 e. The first kappa shape index (κ1) is 21.7. The van der Waals surface area contributed by atoms with E-state index in [1.807, 2.05) is 0 Å². The summed E-state index contributed by atoms with van der Waals surface area (Å²) in [6.45, 7) is 8.92. The summed E-state index contributed by atoms with van der Waals surface area (Å²) in [7, 11) is 0. The van der Waals surface area contributed by atoms with Gasteiger partial charge in [-0.2, -0.15) is 0 Å². The van der Waals surface area contributed by atoms with Gasteiger partial charge in [-0.1, -0.05) is 0 Å². The lowest BCUT2D eigenvalue weighted by Crippen LogP contribution is -2.38. The van der Waals surface area contributed by atoms with Gasteiger partial charge in [0.1, 0.15) is 0 Å². The van der Waals surface area contributed by atoms with Crippen molar-refractivity contribution in [2.75, 3.05) is 78.9 Å². The molecular formula is C18H36N6O3. The predicted molar refractivity (Wildman–Crippen MR) is 108 cm³/mol. The van der Waals surface area contributed by atoms with Crippen molar-refractivity contribution in [1.29, 1.82) is 0 Å². The average Bonchev–Trinajstić information content (AvgIpc) is 3.10. The molecular weight excluding hydrogens is 348 g/mol. The van der Waals surface area contributed by atoms with E-state index in [2.05, 4.69) is 31.3 Å². The summed E-state index contributed by atoms with van der Waals surface area (Å²) in [4.78, 5) is 8.86. The highest BCUT2D eigenvalue weighted by atomic mass is 16.5. The van der Waals surface area contributed by atoms with Crippen LogP contribution in [0.2, 0.25) is 0 Å². The van der Waals surface area contributed by atoms with Crippen LogP contribution < -0.4 is 21.3 Å². The number of hydrogen-bond acceptors (Lipinski definition) is 9. The molecule has 156 valence electrons. The molecule has 0 atom stereocenters. The SMILES string of the molecule is C1CCNC(NCCOCCOCCOCCNC2=NCCCCN2)=NC1. The summed E-state index contributed by atoms with van der Waals surface area (Å²) in [5.41, 5.74) is 0. The fourth-order valence-corrected chi connectivity index (χ4v) is 2.64. The van der Waals surface area contributed by atoms with Crippen LogP contribution in [-0.2, 0) is 14.2 Å². The molecule has 0 fully saturated rings. The second kappa shape index (κ2) is 15.5. The Hall–Kier alpha value is -1.58. The van der Waals surface area contributed by atoms with Crippen molar-refractivity contribution in [3.8, 4) is 0 Å². The van der Waals surface area contributed by atoms with Gasteiger partial charge in [0.25, 0.3) is 0 Å². The summed E-state index contributed by atoms with van der Waals surface area (Å²) < 4.78 is 16.6. The second-order valence-corrected chi connectivity index (χ2v) is 6.42. The van der Waals surface area contributed by atoms with Crippen LogP contribution in [0.25, 0.3) is 0 Å². The first-order valence-corrected chi connectivity index (χ1v) is 10.2. The maximum Gasteiger partial charge on any atom is 0.191 e. The molecule has 9 heteroatoms. The molecule has 0 aliphatic carbocycles. The van der Waals surface area contributed by atoms with Crippen LogP contribution in [-0.4, -0.2) is 90.8 Å². The summed E-state index contributed by atoms with van der Waals surface area (Å²) in [5, 5.41) is 13.1. The van der Waals surface area contributed by atoms with E-state index in [0.29, 0.717) is 39.6 Å². The first-order chi connectivity index (χ1) is 13.4. The van der Waals surface area contributed by atoms with E-state index < -0.39 is 0 Å². The Labute approximate surface area is 162 Å². The molecule has 0 aromatic rings. The van der Waals surface area contributed by atoms with Crippen LogP contribution in [0.15, 0.2) is 9.98 Å². The number of hydrogen-bond donors (Lipinski definition) is 4. The van der Waals surface area contributed by atoms with Crippen molar-refractivity contribution in [1.82, 2.24) is 21.3 Å². The topological polar surface area (TPSA) is 101 Å². The van der Waals surface area contributed by atoms with Gasteiger partial charge in [0.15, 0.2) is 11.9 Å². The molecule has 2 aliphatic rings. The van der Waals surface area contributed by atoms with Crippen molar-refractivity contribution in [2.45, 2.75) is 25.7 Å². The van der Waals surface area contributed by atoms with E-state index >= 15 is 0 Å². The van der Waals surface area contributed by atoms with Gasteiger partial charge in [0, 0.05) is 39.3 Å². The maximum atomic E-state index is 5.54. The maximum absolute atomic E-state index is 5.54. The number of ether oxygens (including phenoxy) is 3. The van der Waals surface area contributed by atoms with E-state index in [0.717, 1.165) is 64.0 Å². The zero-order valence-corrected chi connectivity index (χ0v) is 16.4. The molecule has 0 saturated carbocycles. The highest BCUT2D eigenvalue weighted by Gasteiger charge is 2.02. The van der Waals surface area contributed by atoms with Gasteiger partial charge in [0.05, 0.1) is 39.6 Å². The Bertz CT molecular complexity index is 395. The van der Waals surface area contributed by atoms with E-state index in [4.69, 9.17) is 14.2 Å². The Morgan fingerprint density at radius 1 is 0.630 bits per heavy atom. The molecule has 9 nitrogen and oxygen atoms in total. The molecule has 0 radical (unpaired) electrons. The molecule has 0 aromatic heterocycles. The van der Waals surface area contributed by atoms with E-state index in [-0.39, 0.29) is 0 Å². The van der Waals surface area contributed by atoms with Crippen molar-refractivity contribution in [2.24, 2.45) is 9.98 Å². The minimum absolute atomic E-state index is 0.585. The Balaban J connectivity index is 1.29. The lowest BCUT2D eigenvalue weighted by molar-refractivity contribution is 0.0165. The first-order valence-electron chi connectivity index (χ1n) is 10.2. The Morgan fingerprint density at radius 2 is 1.07 bits per heavy atom. The van der Waals surface area contributed by atoms with Crippen molar-refractivity contribution < 1.29 is 14.2 Å². The number of nitrogens with one attached hydrogen (secondary N) is 4. The summed E-state index contributed by atoms with van der Waals surface area (Å²) in [5.74, 6) is 1.78. The van der Waals surface area contributed by atoms with Crippen LogP contribution in [0.1, 0.15) is 25.7 Å². The van der Waals surface area contributed by atoms with Crippen LogP contribution in [0.4, 0.5) is 0 Å². The fraction of sp³-hybridized carbons (Fsp3) is 0.889. The molecule has 2 aliphatic heterocycles. The molecule has 0 unspecified atom stereocenters. The number of nitrogens with zero attached hydrogens (tertiary/aromatic N) is 2. The van der Waals surface area contributed by atoms with Gasteiger partial charge >= 0.3 is 0 Å². The average molecular weight is 385 g/mol. The third-order valence-corrected chi connectivity index (χ3v) is 4.12. The van der Waals surface area contributed by atoms with Crippen molar-refractivity contribution in [3.05, 3.63) is 0 Å². The molecule has 0 bridgehead atoms. The fourth-order valence-electron chi connectivity index (χ4n) is 2.64. The summed E-state index contributed by atoms with van der Waals surface area (Å²) in [6.07, 6.45) is 4.65. The van der Waals surface area contributed by atoms with Crippen LogP contribution in [0.5, 0.6) is 0 Å². The van der Waals surface area contributed by atoms with E-state index in [1.54, 1.807) is 0 Å². The Kier molecular flexibility index (Phi) is 12.4. The number of guanidine groups is 2. The summed E-state index contributed by atoms with van der Waals surface area (Å²) in [6, 6.07) is 0. The molecule has 0 amide bonds. The highest BCUT2D eigenvalue weighted by Crippen LogP contribution is 1.93. The molecule has 27 heavy (non-hydrogen) atoms.